The molecule has 2 aromatic rings. The van der Waals surface area contributed by atoms with Gasteiger partial charge in [0.25, 0.3) is 0 Å². The average molecular weight is 246 g/mol. The van der Waals surface area contributed by atoms with Crippen molar-refractivity contribution in [3.05, 3.63) is 70.8 Å². The van der Waals surface area contributed by atoms with E-state index in [4.69, 9.17) is 0 Å². The monoisotopic (exact) mass is 246 g/mol. The molecule has 0 saturated carbocycles. The summed E-state index contributed by atoms with van der Waals surface area (Å²) in [6.07, 6.45) is 5.81. The number of hydrogen-bond acceptors (Lipinski definition) is 0. The van der Waals surface area contributed by atoms with Crippen LogP contribution in [0.25, 0.3) is 11.1 Å². The summed E-state index contributed by atoms with van der Waals surface area (Å²) in [4.78, 5) is 0. The zero-order valence-corrected chi connectivity index (χ0v) is 11.5. The fourth-order valence-electron chi connectivity index (χ4n) is 3.53. The van der Waals surface area contributed by atoms with Crippen LogP contribution in [-0.4, -0.2) is 0 Å². The molecule has 2 aliphatic carbocycles. The maximum atomic E-state index is 2.42. The van der Waals surface area contributed by atoms with Gasteiger partial charge in [-0.1, -0.05) is 62.4 Å². The molecular weight excluding hydrogens is 228 g/mol. The molecule has 2 aliphatic rings. The normalized spacial score (nSPS) is 18.6. The lowest BCUT2D eigenvalue weighted by atomic mass is 9.84. The van der Waals surface area contributed by atoms with Crippen LogP contribution in [-0.2, 0) is 6.42 Å². The van der Waals surface area contributed by atoms with Crippen molar-refractivity contribution < 1.29 is 0 Å². The fourth-order valence-corrected chi connectivity index (χ4v) is 3.53. The molecule has 1 atom stereocenters. The molecule has 0 N–H and O–H groups in total. The molecule has 0 fully saturated rings. The first-order valence-electron chi connectivity index (χ1n) is 7.18. The van der Waals surface area contributed by atoms with Crippen molar-refractivity contribution >= 4 is 0 Å². The molecule has 0 nitrogen and oxygen atoms in total. The first-order chi connectivity index (χ1) is 9.25. The van der Waals surface area contributed by atoms with Gasteiger partial charge in [0.2, 0.25) is 0 Å². The van der Waals surface area contributed by atoms with E-state index in [-0.39, 0.29) is 0 Å². The van der Waals surface area contributed by atoms with E-state index in [0.29, 0.717) is 11.8 Å². The molecule has 0 aromatic heterocycles. The highest BCUT2D eigenvalue weighted by Gasteiger charge is 2.30. The molecule has 0 saturated heterocycles. The van der Waals surface area contributed by atoms with Gasteiger partial charge in [-0.25, -0.2) is 0 Å². The zero-order chi connectivity index (χ0) is 13.0. The smallest absolute Gasteiger partial charge is 0.0284 e. The van der Waals surface area contributed by atoms with Crippen molar-refractivity contribution in [1.82, 2.24) is 0 Å². The largest absolute Gasteiger partial charge is 0.0832 e. The van der Waals surface area contributed by atoms with Gasteiger partial charge in [-0.15, -0.1) is 0 Å². The molecule has 2 aromatic carbocycles. The van der Waals surface area contributed by atoms with Crippen molar-refractivity contribution in [2.75, 3.05) is 0 Å². The SMILES string of the molecule is CC(C)c1cc2c3c(c1)-c1ccccc1C3C=CC2. The predicted molar refractivity (Wildman–Crippen MR) is 80.7 cm³/mol. The Morgan fingerprint density at radius 2 is 1.89 bits per heavy atom. The van der Waals surface area contributed by atoms with E-state index >= 15 is 0 Å². The number of allylic oxidation sites excluding steroid dienone is 2. The molecular formula is C19H18. The van der Waals surface area contributed by atoms with Crippen LogP contribution in [0.4, 0.5) is 0 Å². The van der Waals surface area contributed by atoms with E-state index in [1.54, 1.807) is 5.56 Å². The summed E-state index contributed by atoms with van der Waals surface area (Å²) in [5, 5.41) is 0. The second-order valence-corrected chi connectivity index (χ2v) is 5.99. The van der Waals surface area contributed by atoms with Gasteiger partial charge in [-0.2, -0.15) is 0 Å². The van der Waals surface area contributed by atoms with Crippen LogP contribution in [0.2, 0.25) is 0 Å². The highest BCUT2D eigenvalue weighted by Crippen LogP contribution is 2.49. The Hall–Kier alpha value is -1.82. The van der Waals surface area contributed by atoms with Crippen LogP contribution in [0.3, 0.4) is 0 Å². The van der Waals surface area contributed by atoms with Crippen molar-refractivity contribution in [1.29, 1.82) is 0 Å². The second-order valence-electron chi connectivity index (χ2n) is 5.99. The van der Waals surface area contributed by atoms with E-state index in [1.807, 2.05) is 0 Å². The molecule has 0 bridgehead atoms. The van der Waals surface area contributed by atoms with E-state index < -0.39 is 0 Å². The molecule has 0 heterocycles. The lowest BCUT2D eigenvalue weighted by Gasteiger charge is -2.19. The van der Waals surface area contributed by atoms with Gasteiger partial charge in [0, 0.05) is 5.92 Å². The average Bonchev–Trinajstić information content (AvgIpc) is 2.76. The summed E-state index contributed by atoms with van der Waals surface area (Å²) < 4.78 is 0. The maximum Gasteiger partial charge on any atom is 0.0284 e. The molecule has 0 heteroatoms. The first kappa shape index (κ1) is 11.0. The molecule has 0 aliphatic heterocycles. The van der Waals surface area contributed by atoms with Crippen molar-refractivity contribution in [3.63, 3.8) is 0 Å². The van der Waals surface area contributed by atoms with Gasteiger partial charge < -0.3 is 0 Å². The summed E-state index contributed by atoms with van der Waals surface area (Å²) in [5.74, 6) is 1.09. The third-order valence-corrected chi connectivity index (χ3v) is 4.52. The topological polar surface area (TPSA) is 0 Å². The quantitative estimate of drug-likeness (QED) is 0.619. The zero-order valence-electron chi connectivity index (χ0n) is 11.5. The van der Waals surface area contributed by atoms with Crippen LogP contribution in [0.15, 0.2) is 48.6 Å². The second kappa shape index (κ2) is 3.84. The standard InChI is InChI=1S/C19H18/c1-12(2)14-10-13-6-5-9-17-15-7-3-4-8-16(15)18(11-14)19(13)17/h3-5,7-12,17H,6H2,1-2H3. The van der Waals surface area contributed by atoms with Crippen LogP contribution < -0.4 is 0 Å². The number of benzene rings is 2. The highest BCUT2D eigenvalue weighted by atomic mass is 14.3. The van der Waals surface area contributed by atoms with E-state index in [0.717, 1.165) is 6.42 Å². The molecule has 19 heavy (non-hydrogen) atoms. The van der Waals surface area contributed by atoms with Crippen LogP contribution in [0, 0.1) is 0 Å². The van der Waals surface area contributed by atoms with E-state index in [9.17, 15) is 0 Å². The lowest BCUT2D eigenvalue weighted by molar-refractivity contribution is 0.859. The number of rotatable bonds is 1. The van der Waals surface area contributed by atoms with E-state index in [2.05, 4.69) is 62.4 Å². The van der Waals surface area contributed by atoms with Gasteiger partial charge >= 0.3 is 0 Å². The van der Waals surface area contributed by atoms with Gasteiger partial charge in [0.1, 0.15) is 0 Å². The highest BCUT2D eigenvalue weighted by molar-refractivity contribution is 5.82. The van der Waals surface area contributed by atoms with Gasteiger partial charge in [0.15, 0.2) is 0 Å². The van der Waals surface area contributed by atoms with Crippen molar-refractivity contribution in [3.8, 4) is 11.1 Å². The van der Waals surface area contributed by atoms with Gasteiger partial charge in [-0.05, 0) is 45.7 Å². The van der Waals surface area contributed by atoms with Gasteiger partial charge in [-0.3, -0.25) is 0 Å². The molecule has 4 rings (SSSR count). The summed E-state index contributed by atoms with van der Waals surface area (Å²) in [5.41, 5.74) is 8.97. The summed E-state index contributed by atoms with van der Waals surface area (Å²) in [7, 11) is 0. The minimum atomic E-state index is 0.496. The fraction of sp³-hybridized carbons (Fsp3) is 0.263. The Labute approximate surface area is 114 Å². The van der Waals surface area contributed by atoms with Gasteiger partial charge in [0.05, 0.1) is 0 Å². The first-order valence-corrected chi connectivity index (χ1v) is 7.18. The van der Waals surface area contributed by atoms with Crippen LogP contribution >= 0.6 is 0 Å². The summed E-state index contributed by atoms with van der Waals surface area (Å²) in [6, 6.07) is 13.7. The predicted octanol–water partition coefficient (Wildman–Crippen LogP) is 5.03. The third kappa shape index (κ3) is 1.46. The van der Waals surface area contributed by atoms with Crippen molar-refractivity contribution in [2.24, 2.45) is 0 Å². The minimum absolute atomic E-state index is 0.496. The Balaban J connectivity index is 2.06. The summed E-state index contributed by atoms with van der Waals surface area (Å²) >= 11 is 0. The number of fused-ring (bicyclic) bond motifs is 3. The Morgan fingerprint density at radius 1 is 1.05 bits per heavy atom. The molecule has 1 unspecified atom stereocenters. The lowest BCUT2D eigenvalue weighted by Crippen LogP contribution is -2.04. The minimum Gasteiger partial charge on any atom is -0.0832 e. The molecule has 0 radical (unpaired) electrons. The Morgan fingerprint density at radius 3 is 2.74 bits per heavy atom. The van der Waals surface area contributed by atoms with Crippen LogP contribution in [0.5, 0.6) is 0 Å². The maximum absolute atomic E-state index is 2.42. The van der Waals surface area contributed by atoms with Crippen molar-refractivity contribution in [2.45, 2.75) is 32.1 Å². The molecule has 0 spiro atoms. The van der Waals surface area contributed by atoms with E-state index in [1.165, 1.54) is 27.8 Å². The third-order valence-electron chi connectivity index (χ3n) is 4.52. The molecule has 94 valence electrons. The number of hydrogen-bond donors (Lipinski definition) is 0. The Kier molecular flexibility index (Phi) is 2.23. The molecule has 0 amide bonds. The summed E-state index contributed by atoms with van der Waals surface area (Å²) in [6.45, 7) is 4.57. The van der Waals surface area contributed by atoms with Crippen LogP contribution in [0.1, 0.15) is 47.9 Å². The Bertz CT molecular complexity index is 689.